The first-order valence-electron chi connectivity index (χ1n) is 11.9. The van der Waals surface area contributed by atoms with Gasteiger partial charge in [0.2, 0.25) is 5.91 Å². The number of rotatable bonds is 18. The van der Waals surface area contributed by atoms with Crippen LogP contribution in [0.3, 0.4) is 0 Å². The summed E-state index contributed by atoms with van der Waals surface area (Å²) in [4.78, 5) is 46.4. The maximum Gasteiger partial charge on any atom is 0.303 e. The highest BCUT2D eigenvalue weighted by atomic mass is 16.6. The molecule has 0 aromatic carbocycles. The molecule has 3 atom stereocenters. The molecular formula is C24H43NO7. The minimum atomic E-state index is -0.960. The van der Waals surface area contributed by atoms with Crippen LogP contribution in [0.1, 0.15) is 105 Å². The molecule has 0 radical (unpaired) electrons. The lowest BCUT2D eigenvalue weighted by Gasteiger charge is -2.32. The van der Waals surface area contributed by atoms with E-state index in [1.54, 1.807) is 0 Å². The maximum atomic E-state index is 11.7. The first-order valence-corrected chi connectivity index (χ1v) is 11.9. The number of esters is 3. The number of carbonyl (C=O) groups is 4. The summed E-state index contributed by atoms with van der Waals surface area (Å²) in [5.41, 5.74) is 0. The Bertz CT molecular complexity index is 565. The van der Waals surface area contributed by atoms with Crippen LogP contribution in [0.25, 0.3) is 0 Å². The Morgan fingerprint density at radius 1 is 0.688 bits per heavy atom. The number of nitrogens with one attached hydrogen (secondary N) is 1. The first-order chi connectivity index (χ1) is 15.2. The lowest BCUT2D eigenvalue weighted by Crippen LogP contribution is -2.53. The van der Waals surface area contributed by atoms with Crippen LogP contribution in [0.2, 0.25) is 0 Å². The predicted molar refractivity (Wildman–Crippen MR) is 122 cm³/mol. The van der Waals surface area contributed by atoms with Crippen molar-refractivity contribution in [2.24, 2.45) is 0 Å². The van der Waals surface area contributed by atoms with Gasteiger partial charge in [0.15, 0.2) is 6.10 Å². The molecule has 0 heterocycles. The molecule has 32 heavy (non-hydrogen) atoms. The third-order valence-corrected chi connectivity index (χ3v) is 5.08. The van der Waals surface area contributed by atoms with Crippen molar-refractivity contribution in [1.82, 2.24) is 5.32 Å². The standard InChI is InChI=1S/C24H43NO7/c1-6-7-8-9-10-11-12-13-14-15-16-23(31-20(4)28)24(32-21(5)29)22(25-18(2)26)17-30-19(3)27/h22-24H,6-17H2,1-5H3,(H,25,26). The van der Waals surface area contributed by atoms with E-state index in [2.05, 4.69) is 12.2 Å². The zero-order chi connectivity index (χ0) is 24.4. The Morgan fingerprint density at radius 3 is 1.62 bits per heavy atom. The summed E-state index contributed by atoms with van der Waals surface area (Å²) in [5, 5.41) is 2.65. The monoisotopic (exact) mass is 457 g/mol. The Balaban J connectivity index is 4.90. The zero-order valence-corrected chi connectivity index (χ0v) is 20.6. The van der Waals surface area contributed by atoms with Gasteiger partial charge in [-0.1, -0.05) is 64.7 Å². The smallest absolute Gasteiger partial charge is 0.303 e. The Kier molecular flexibility index (Phi) is 17.2. The summed E-state index contributed by atoms with van der Waals surface area (Å²) in [5.74, 6) is -1.98. The summed E-state index contributed by atoms with van der Waals surface area (Å²) in [6.45, 7) is 7.12. The molecule has 0 saturated heterocycles. The minimum Gasteiger partial charge on any atom is -0.464 e. The molecule has 0 spiro atoms. The van der Waals surface area contributed by atoms with Crippen LogP contribution in [-0.4, -0.2) is 48.7 Å². The van der Waals surface area contributed by atoms with Gasteiger partial charge in [-0.2, -0.15) is 0 Å². The number of hydrogen-bond acceptors (Lipinski definition) is 7. The third kappa shape index (κ3) is 16.6. The quantitative estimate of drug-likeness (QED) is 0.186. The average Bonchev–Trinajstić information content (AvgIpc) is 2.69. The van der Waals surface area contributed by atoms with Crippen molar-refractivity contribution in [3.8, 4) is 0 Å². The summed E-state index contributed by atoms with van der Waals surface area (Å²) in [6.07, 6.45) is 10.4. The van der Waals surface area contributed by atoms with Gasteiger partial charge in [0.05, 0.1) is 0 Å². The predicted octanol–water partition coefficient (Wildman–Crippen LogP) is 4.23. The van der Waals surface area contributed by atoms with Gasteiger partial charge < -0.3 is 19.5 Å². The fraction of sp³-hybridized carbons (Fsp3) is 0.833. The summed E-state index contributed by atoms with van der Waals surface area (Å²) in [6, 6.07) is -0.826. The van der Waals surface area contributed by atoms with Crippen molar-refractivity contribution in [2.45, 2.75) is 123 Å². The van der Waals surface area contributed by atoms with E-state index in [1.807, 2.05) is 0 Å². The molecule has 8 heteroatoms. The lowest BCUT2D eigenvalue weighted by atomic mass is 9.98. The van der Waals surface area contributed by atoms with Gasteiger partial charge in [-0.15, -0.1) is 0 Å². The number of carbonyl (C=O) groups excluding carboxylic acids is 4. The molecule has 0 aliphatic rings. The molecule has 0 aliphatic heterocycles. The zero-order valence-electron chi connectivity index (χ0n) is 20.6. The van der Waals surface area contributed by atoms with Crippen molar-refractivity contribution >= 4 is 23.8 Å². The fourth-order valence-corrected chi connectivity index (χ4v) is 3.63. The fourth-order valence-electron chi connectivity index (χ4n) is 3.63. The van der Waals surface area contributed by atoms with Crippen LogP contribution in [0.5, 0.6) is 0 Å². The topological polar surface area (TPSA) is 108 Å². The molecule has 0 saturated carbocycles. The summed E-state index contributed by atoms with van der Waals surface area (Å²) < 4.78 is 15.9. The highest BCUT2D eigenvalue weighted by molar-refractivity contribution is 5.73. The van der Waals surface area contributed by atoms with E-state index < -0.39 is 36.2 Å². The molecule has 3 unspecified atom stereocenters. The van der Waals surface area contributed by atoms with Crippen LogP contribution >= 0.6 is 0 Å². The van der Waals surface area contributed by atoms with Gasteiger partial charge in [0.25, 0.3) is 0 Å². The van der Waals surface area contributed by atoms with E-state index in [1.165, 1.54) is 72.6 Å². The van der Waals surface area contributed by atoms with E-state index in [0.717, 1.165) is 19.3 Å². The number of ether oxygens (including phenoxy) is 3. The SMILES string of the molecule is CCCCCCCCCCCCC(OC(C)=O)C(OC(C)=O)C(COC(C)=O)NC(C)=O. The summed E-state index contributed by atoms with van der Waals surface area (Å²) >= 11 is 0. The maximum absolute atomic E-state index is 11.7. The second kappa shape index (κ2) is 18.5. The number of hydrogen-bond donors (Lipinski definition) is 1. The van der Waals surface area contributed by atoms with Gasteiger partial charge in [-0.05, 0) is 12.8 Å². The van der Waals surface area contributed by atoms with Crippen molar-refractivity contribution in [3.05, 3.63) is 0 Å². The molecule has 0 aliphatic carbocycles. The molecular weight excluding hydrogens is 414 g/mol. The Morgan fingerprint density at radius 2 is 1.19 bits per heavy atom. The highest BCUT2D eigenvalue weighted by Crippen LogP contribution is 2.19. The van der Waals surface area contributed by atoms with Crippen LogP contribution in [0.4, 0.5) is 0 Å². The Hall–Kier alpha value is -2.12. The van der Waals surface area contributed by atoms with E-state index in [-0.39, 0.29) is 12.5 Å². The molecule has 0 rings (SSSR count). The minimum absolute atomic E-state index is 0.192. The lowest BCUT2D eigenvalue weighted by molar-refractivity contribution is -0.171. The highest BCUT2D eigenvalue weighted by Gasteiger charge is 2.35. The van der Waals surface area contributed by atoms with Crippen molar-refractivity contribution < 1.29 is 33.4 Å². The van der Waals surface area contributed by atoms with Gasteiger partial charge in [-0.3, -0.25) is 19.2 Å². The second-order valence-electron chi connectivity index (χ2n) is 8.30. The molecule has 1 amide bonds. The van der Waals surface area contributed by atoms with Crippen LogP contribution < -0.4 is 5.32 Å². The second-order valence-corrected chi connectivity index (χ2v) is 8.30. The van der Waals surface area contributed by atoms with E-state index in [4.69, 9.17) is 14.2 Å². The normalized spacial score (nSPS) is 13.5. The van der Waals surface area contributed by atoms with Crippen molar-refractivity contribution in [1.29, 1.82) is 0 Å². The van der Waals surface area contributed by atoms with Crippen LogP contribution in [0, 0.1) is 0 Å². The van der Waals surface area contributed by atoms with E-state index >= 15 is 0 Å². The molecule has 0 aromatic heterocycles. The largest absolute Gasteiger partial charge is 0.464 e. The van der Waals surface area contributed by atoms with Gasteiger partial charge in [0.1, 0.15) is 18.8 Å². The molecule has 0 bridgehead atoms. The van der Waals surface area contributed by atoms with E-state index in [0.29, 0.717) is 6.42 Å². The van der Waals surface area contributed by atoms with Crippen LogP contribution in [-0.2, 0) is 33.4 Å². The van der Waals surface area contributed by atoms with Gasteiger partial charge in [-0.25, -0.2) is 0 Å². The molecule has 186 valence electrons. The third-order valence-electron chi connectivity index (χ3n) is 5.08. The number of unbranched alkanes of at least 4 members (excludes halogenated alkanes) is 9. The van der Waals surface area contributed by atoms with Crippen LogP contribution in [0.15, 0.2) is 0 Å². The average molecular weight is 458 g/mol. The van der Waals surface area contributed by atoms with Gasteiger partial charge >= 0.3 is 17.9 Å². The molecule has 8 nitrogen and oxygen atoms in total. The first kappa shape index (κ1) is 29.9. The van der Waals surface area contributed by atoms with Gasteiger partial charge in [0, 0.05) is 27.7 Å². The molecule has 1 N–H and O–H groups in total. The Labute approximate surface area is 193 Å². The van der Waals surface area contributed by atoms with Crippen molar-refractivity contribution in [3.63, 3.8) is 0 Å². The molecule has 0 aromatic rings. The number of amides is 1. The van der Waals surface area contributed by atoms with Crippen molar-refractivity contribution in [2.75, 3.05) is 6.61 Å². The molecule has 0 fully saturated rings. The van der Waals surface area contributed by atoms with E-state index in [9.17, 15) is 19.2 Å². The summed E-state index contributed by atoms with van der Waals surface area (Å²) in [7, 11) is 0.